The van der Waals surface area contributed by atoms with E-state index in [4.69, 9.17) is 14.7 Å². The molecule has 8 rings (SSSR count). The van der Waals surface area contributed by atoms with Crippen molar-refractivity contribution in [3.05, 3.63) is 59.7 Å². The van der Waals surface area contributed by atoms with E-state index >= 15 is 0 Å². The first-order chi connectivity index (χ1) is 21.2. The number of carbonyl (C=O) groups is 1. The Hall–Kier alpha value is -4.47. The average molecular weight is 598 g/mol. The molecule has 3 aromatic heterocycles. The zero-order valence-electron chi connectivity index (χ0n) is 24.8. The maximum absolute atomic E-state index is 14.8. The van der Waals surface area contributed by atoms with Crippen LogP contribution in [0.2, 0.25) is 0 Å². The van der Waals surface area contributed by atoms with Crippen LogP contribution in [-0.4, -0.2) is 54.7 Å². The van der Waals surface area contributed by atoms with Gasteiger partial charge < -0.3 is 23.9 Å². The molecule has 0 radical (unpaired) electrons. The van der Waals surface area contributed by atoms with Crippen LogP contribution in [0.15, 0.2) is 42.5 Å². The summed E-state index contributed by atoms with van der Waals surface area (Å²) in [5.41, 5.74) is 3.86. The summed E-state index contributed by atoms with van der Waals surface area (Å²) in [6.07, 6.45) is 4.46. The molecule has 2 bridgehead atoms. The fourth-order valence-corrected chi connectivity index (χ4v) is 7.47. The number of carbonyl (C=O) groups excluding carboxylic acids is 1. The molecule has 44 heavy (non-hydrogen) atoms. The summed E-state index contributed by atoms with van der Waals surface area (Å²) in [6, 6.07) is 11.3. The lowest BCUT2D eigenvalue weighted by Gasteiger charge is -2.27. The smallest absolute Gasteiger partial charge is 0.254 e. The van der Waals surface area contributed by atoms with Crippen LogP contribution >= 0.6 is 0 Å². The van der Waals surface area contributed by atoms with Gasteiger partial charge in [0.2, 0.25) is 0 Å². The number of nitrogens with zero attached hydrogens (tertiary/aromatic N) is 5. The van der Waals surface area contributed by atoms with Gasteiger partial charge in [0.1, 0.15) is 22.7 Å². The maximum Gasteiger partial charge on any atom is 0.254 e. The predicted octanol–water partition coefficient (Wildman–Crippen LogP) is 6.53. The monoisotopic (exact) mass is 597 g/mol. The number of imidazole rings is 1. The number of hydrogen-bond donors (Lipinski definition) is 1. The molecule has 5 aromatic rings. The van der Waals surface area contributed by atoms with Crippen LogP contribution in [0.1, 0.15) is 43.0 Å². The molecule has 3 aliphatic rings. The van der Waals surface area contributed by atoms with Crippen molar-refractivity contribution >= 4 is 28.0 Å². The molecule has 4 heterocycles. The number of phenolic OH excluding ortho intramolecular Hbond substituents is 1. The molecule has 3 atom stereocenters. The third kappa shape index (κ3) is 4.10. The molecule has 1 N–H and O–H groups in total. The van der Waals surface area contributed by atoms with Gasteiger partial charge in [-0.2, -0.15) is 0 Å². The fraction of sp³-hybridized carbons (Fsp3) is 0.382. The quantitative estimate of drug-likeness (QED) is 0.241. The van der Waals surface area contributed by atoms with Crippen molar-refractivity contribution in [2.45, 2.75) is 45.2 Å². The van der Waals surface area contributed by atoms with Gasteiger partial charge in [0, 0.05) is 48.8 Å². The number of pyridine rings is 1. The third-order valence-electron chi connectivity index (χ3n) is 10.1. The summed E-state index contributed by atoms with van der Waals surface area (Å²) < 4.78 is 38.4. The highest BCUT2D eigenvalue weighted by molar-refractivity contribution is 6.00. The van der Waals surface area contributed by atoms with E-state index < -0.39 is 17.4 Å². The number of amides is 1. The minimum atomic E-state index is -1.02. The minimum absolute atomic E-state index is 0.0232. The van der Waals surface area contributed by atoms with Gasteiger partial charge in [0.25, 0.3) is 5.91 Å². The number of fused-ring (bicyclic) bond motifs is 4. The van der Waals surface area contributed by atoms with E-state index in [1.165, 1.54) is 6.42 Å². The molecule has 1 aliphatic heterocycles. The lowest BCUT2D eigenvalue weighted by molar-refractivity contribution is 0.0696. The standard InChI is InChI=1S/C34H33F2N5O3/c1-17-20-7-9-27(17)41(16-20)34(43)21-10-26-31(30(12-21)44-3)39(2)33(38-26)28-11-19-6-8-25(22-13-29(42)24(36)14-23(22)35)37-32(19)40(28)15-18-4-5-18/h6,8,10-14,17-18,20,27,42H,4-5,7,9,15-16H2,1-3H3/t17-,20?,27?/m1/s1. The number of likely N-dealkylation sites (tertiary alicyclic amines) is 1. The number of hydrogen-bond acceptors (Lipinski definition) is 5. The molecule has 2 aliphatic carbocycles. The summed E-state index contributed by atoms with van der Waals surface area (Å²) in [4.78, 5) is 25.6. The first kappa shape index (κ1) is 27.1. The zero-order valence-corrected chi connectivity index (χ0v) is 24.8. The van der Waals surface area contributed by atoms with Crippen molar-refractivity contribution in [1.82, 2.24) is 24.0 Å². The van der Waals surface area contributed by atoms with E-state index in [-0.39, 0.29) is 17.5 Å². The van der Waals surface area contributed by atoms with Gasteiger partial charge >= 0.3 is 0 Å². The molecule has 1 saturated heterocycles. The molecule has 10 heteroatoms. The molecule has 1 amide bonds. The average Bonchev–Trinajstić information content (AvgIpc) is 3.42. The lowest BCUT2D eigenvalue weighted by atomic mass is 10.0. The van der Waals surface area contributed by atoms with E-state index in [0.29, 0.717) is 64.4 Å². The van der Waals surface area contributed by atoms with Gasteiger partial charge in [-0.15, -0.1) is 0 Å². The fourth-order valence-electron chi connectivity index (χ4n) is 7.47. The largest absolute Gasteiger partial charge is 0.505 e. The number of ether oxygens (including phenoxy) is 1. The molecule has 226 valence electrons. The number of aromatic nitrogens is 4. The molecule has 0 spiro atoms. The summed E-state index contributed by atoms with van der Waals surface area (Å²) in [7, 11) is 3.54. The van der Waals surface area contributed by atoms with Crippen LogP contribution in [0.5, 0.6) is 11.5 Å². The number of halogens is 2. The molecule has 2 aromatic carbocycles. The summed E-state index contributed by atoms with van der Waals surface area (Å²) >= 11 is 0. The van der Waals surface area contributed by atoms with Crippen LogP contribution in [0, 0.1) is 29.4 Å². The van der Waals surface area contributed by atoms with Crippen molar-refractivity contribution < 1.29 is 23.4 Å². The Balaban J connectivity index is 1.25. The van der Waals surface area contributed by atoms with Gasteiger partial charge in [0.15, 0.2) is 17.4 Å². The number of benzene rings is 2. The highest BCUT2D eigenvalue weighted by atomic mass is 19.1. The Bertz CT molecular complexity index is 1990. The van der Waals surface area contributed by atoms with Gasteiger partial charge in [-0.05, 0) is 79.8 Å². The first-order valence-corrected chi connectivity index (χ1v) is 15.3. The molecule has 3 fully saturated rings. The van der Waals surface area contributed by atoms with Gasteiger partial charge in [-0.1, -0.05) is 6.92 Å². The number of aromatic hydroxyl groups is 1. The van der Waals surface area contributed by atoms with Crippen LogP contribution in [0.4, 0.5) is 8.78 Å². The Morgan fingerprint density at radius 3 is 2.57 bits per heavy atom. The summed E-state index contributed by atoms with van der Waals surface area (Å²) in [5.74, 6) is 0.456. The number of piperidine rings is 1. The van der Waals surface area contributed by atoms with Crippen LogP contribution in [-0.2, 0) is 13.6 Å². The van der Waals surface area contributed by atoms with Crippen molar-refractivity contribution in [2.24, 2.45) is 24.8 Å². The van der Waals surface area contributed by atoms with Gasteiger partial charge in [0.05, 0.1) is 24.0 Å². The van der Waals surface area contributed by atoms with Gasteiger partial charge in [-0.3, -0.25) is 4.79 Å². The van der Waals surface area contributed by atoms with Crippen LogP contribution < -0.4 is 4.74 Å². The van der Waals surface area contributed by atoms with E-state index in [1.807, 2.05) is 40.8 Å². The van der Waals surface area contributed by atoms with Crippen LogP contribution in [0.3, 0.4) is 0 Å². The first-order valence-electron chi connectivity index (χ1n) is 15.3. The third-order valence-corrected chi connectivity index (χ3v) is 10.1. The Labute approximate surface area is 252 Å². The normalized spacial score (nSPS) is 21.2. The molecule has 8 nitrogen and oxygen atoms in total. The predicted molar refractivity (Wildman–Crippen MR) is 162 cm³/mol. The molecular formula is C34H33F2N5O3. The molecule has 2 unspecified atom stereocenters. The summed E-state index contributed by atoms with van der Waals surface area (Å²) in [6.45, 7) is 3.77. The Morgan fingerprint density at radius 1 is 1.05 bits per heavy atom. The highest BCUT2D eigenvalue weighted by Crippen LogP contribution is 2.44. The van der Waals surface area contributed by atoms with E-state index in [2.05, 4.69) is 11.5 Å². The summed E-state index contributed by atoms with van der Waals surface area (Å²) in [5, 5.41) is 10.8. The topological polar surface area (TPSA) is 85.4 Å². The highest BCUT2D eigenvalue weighted by Gasteiger charge is 2.46. The number of phenols is 1. The van der Waals surface area contributed by atoms with Crippen molar-refractivity contribution in [2.75, 3.05) is 13.7 Å². The SMILES string of the molecule is COc1cc(C(=O)N2CC3CCC2[C@@H]3C)cc2nc(-c3cc4ccc(-c5cc(O)c(F)cc5F)nc4n3CC3CC3)n(C)c12. The minimum Gasteiger partial charge on any atom is -0.505 e. The van der Waals surface area contributed by atoms with Crippen molar-refractivity contribution in [1.29, 1.82) is 0 Å². The lowest BCUT2D eigenvalue weighted by Crippen LogP contribution is -2.38. The van der Waals surface area contributed by atoms with E-state index in [0.717, 1.165) is 48.5 Å². The Kier molecular flexibility index (Phi) is 6.02. The van der Waals surface area contributed by atoms with Crippen molar-refractivity contribution in [3.8, 4) is 34.3 Å². The zero-order chi connectivity index (χ0) is 30.4. The second-order valence-electron chi connectivity index (χ2n) is 12.7. The van der Waals surface area contributed by atoms with Crippen LogP contribution in [0.25, 0.3) is 44.8 Å². The van der Waals surface area contributed by atoms with Crippen molar-refractivity contribution in [3.63, 3.8) is 0 Å². The number of rotatable bonds is 6. The van der Waals surface area contributed by atoms with E-state index in [1.54, 1.807) is 13.2 Å². The van der Waals surface area contributed by atoms with E-state index in [9.17, 15) is 18.7 Å². The van der Waals surface area contributed by atoms with Gasteiger partial charge in [-0.25, -0.2) is 18.7 Å². The number of aryl methyl sites for hydroxylation is 1. The second kappa shape index (κ2) is 9.77. The maximum atomic E-state index is 14.8. The second-order valence-corrected chi connectivity index (χ2v) is 12.7. The number of methoxy groups -OCH3 is 1. The molecule has 2 saturated carbocycles. The Morgan fingerprint density at radius 2 is 1.86 bits per heavy atom. The molecular weight excluding hydrogens is 564 g/mol.